The first kappa shape index (κ1) is 19.4. The Morgan fingerprint density at radius 2 is 2.04 bits per heavy atom. The van der Waals surface area contributed by atoms with E-state index in [0.29, 0.717) is 11.0 Å². The quantitative estimate of drug-likeness (QED) is 0.552. The second kappa shape index (κ2) is 7.71. The van der Waals surface area contributed by atoms with Crippen LogP contribution in [0.2, 0.25) is 0 Å². The molecule has 27 heavy (non-hydrogen) atoms. The van der Waals surface area contributed by atoms with Crippen molar-refractivity contribution in [3.05, 3.63) is 53.1 Å². The molecule has 3 rings (SSSR count). The molecule has 0 radical (unpaired) electrons. The molecule has 0 saturated heterocycles. The Hall–Kier alpha value is -2.36. The van der Waals surface area contributed by atoms with Crippen molar-refractivity contribution in [1.82, 2.24) is 0 Å². The van der Waals surface area contributed by atoms with Gasteiger partial charge in [0.1, 0.15) is 5.75 Å². The summed E-state index contributed by atoms with van der Waals surface area (Å²) in [6.45, 7) is 2.12. The number of esters is 1. The number of carbonyl (C=O) groups excluding carboxylic acids is 1. The Bertz CT molecular complexity index is 972. The van der Waals surface area contributed by atoms with Crippen LogP contribution in [0.3, 0.4) is 0 Å². The fourth-order valence-electron chi connectivity index (χ4n) is 3.03. The van der Waals surface area contributed by atoms with E-state index in [1.165, 1.54) is 18.2 Å². The fraction of sp³-hybridized carbons (Fsp3) is 0.278. The van der Waals surface area contributed by atoms with Gasteiger partial charge in [0.15, 0.2) is 9.84 Å². The number of benzene rings is 2. The van der Waals surface area contributed by atoms with Crippen LogP contribution in [0.5, 0.6) is 5.75 Å². The second-order valence-corrected chi connectivity index (χ2v) is 8.19. The highest BCUT2D eigenvalue weighted by Crippen LogP contribution is 2.25. The van der Waals surface area contributed by atoms with Crippen molar-refractivity contribution < 1.29 is 32.7 Å². The SMILES string of the molecule is CCOC(=O)Cc1cc(O)ccc1S(=O)(=O)Cc1ccc2c(c1)B(O)OC2. The molecule has 0 spiro atoms. The van der Waals surface area contributed by atoms with Crippen LogP contribution >= 0.6 is 0 Å². The minimum absolute atomic E-state index is 0.0364. The highest BCUT2D eigenvalue weighted by molar-refractivity contribution is 7.90. The molecule has 0 atom stereocenters. The Morgan fingerprint density at radius 3 is 2.78 bits per heavy atom. The van der Waals surface area contributed by atoms with Crippen LogP contribution in [0.4, 0.5) is 0 Å². The molecule has 2 aromatic carbocycles. The number of phenolic OH excluding ortho intramolecular Hbond substituents is 1. The first-order valence-electron chi connectivity index (χ1n) is 8.42. The molecule has 0 amide bonds. The Balaban J connectivity index is 1.91. The summed E-state index contributed by atoms with van der Waals surface area (Å²) in [6, 6.07) is 8.81. The van der Waals surface area contributed by atoms with Gasteiger partial charge in [-0.25, -0.2) is 8.42 Å². The number of hydrogen-bond acceptors (Lipinski definition) is 7. The van der Waals surface area contributed by atoms with Gasteiger partial charge in [0.05, 0.1) is 30.3 Å². The maximum atomic E-state index is 12.9. The zero-order chi connectivity index (χ0) is 19.6. The Kier molecular flexibility index (Phi) is 5.55. The van der Waals surface area contributed by atoms with Crippen LogP contribution in [0, 0.1) is 0 Å². The zero-order valence-electron chi connectivity index (χ0n) is 14.7. The lowest BCUT2D eigenvalue weighted by Gasteiger charge is -2.12. The highest BCUT2D eigenvalue weighted by Gasteiger charge is 2.28. The molecular weight excluding hydrogens is 371 g/mol. The predicted molar refractivity (Wildman–Crippen MR) is 98.2 cm³/mol. The van der Waals surface area contributed by atoms with Crippen molar-refractivity contribution >= 4 is 28.4 Å². The van der Waals surface area contributed by atoms with Gasteiger partial charge < -0.3 is 19.5 Å². The molecule has 0 bridgehead atoms. The Labute approximate surface area is 157 Å². The van der Waals surface area contributed by atoms with Crippen LogP contribution in [-0.4, -0.2) is 38.2 Å². The lowest BCUT2D eigenvalue weighted by molar-refractivity contribution is -0.142. The molecule has 7 nitrogen and oxygen atoms in total. The predicted octanol–water partition coefficient (Wildman–Crippen LogP) is 0.689. The van der Waals surface area contributed by atoms with Gasteiger partial charge in [0, 0.05) is 0 Å². The molecule has 0 fully saturated rings. The molecule has 0 aromatic heterocycles. The number of ether oxygens (including phenoxy) is 1. The zero-order valence-corrected chi connectivity index (χ0v) is 15.5. The summed E-state index contributed by atoms with van der Waals surface area (Å²) >= 11 is 0. The molecule has 2 N–H and O–H groups in total. The maximum Gasteiger partial charge on any atom is 0.491 e. The van der Waals surface area contributed by atoms with Crippen molar-refractivity contribution in [3.8, 4) is 5.75 Å². The largest absolute Gasteiger partial charge is 0.508 e. The summed E-state index contributed by atoms with van der Waals surface area (Å²) < 4.78 is 35.9. The summed E-state index contributed by atoms with van der Waals surface area (Å²) in [5, 5.41) is 19.5. The molecular formula is C18H19BO7S. The van der Waals surface area contributed by atoms with Gasteiger partial charge in [-0.1, -0.05) is 18.2 Å². The monoisotopic (exact) mass is 390 g/mol. The number of phenols is 1. The van der Waals surface area contributed by atoms with Crippen molar-refractivity contribution in [1.29, 1.82) is 0 Å². The minimum atomic E-state index is -3.80. The van der Waals surface area contributed by atoms with Crippen LogP contribution in [0.1, 0.15) is 23.6 Å². The molecule has 0 aliphatic carbocycles. The number of sulfone groups is 1. The summed E-state index contributed by atoms with van der Waals surface area (Å²) in [4.78, 5) is 11.7. The van der Waals surface area contributed by atoms with Crippen LogP contribution < -0.4 is 5.46 Å². The summed E-state index contributed by atoms with van der Waals surface area (Å²) in [5.41, 5.74) is 2.04. The van der Waals surface area contributed by atoms with Gasteiger partial charge in [-0.05, 0) is 47.3 Å². The normalized spacial score (nSPS) is 13.5. The third kappa shape index (κ3) is 4.32. The summed E-state index contributed by atoms with van der Waals surface area (Å²) in [6.07, 6.45) is -0.256. The lowest BCUT2D eigenvalue weighted by atomic mass is 9.79. The van der Waals surface area contributed by atoms with Crippen molar-refractivity contribution in [2.75, 3.05) is 6.61 Å². The van der Waals surface area contributed by atoms with E-state index in [-0.39, 0.29) is 41.6 Å². The summed E-state index contributed by atoms with van der Waals surface area (Å²) in [5.74, 6) is -1.02. The highest BCUT2D eigenvalue weighted by atomic mass is 32.2. The molecule has 9 heteroatoms. The Morgan fingerprint density at radius 1 is 1.26 bits per heavy atom. The number of fused-ring (bicyclic) bond motifs is 1. The minimum Gasteiger partial charge on any atom is -0.508 e. The van der Waals surface area contributed by atoms with E-state index in [9.17, 15) is 23.3 Å². The second-order valence-electron chi connectivity index (χ2n) is 6.23. The van der Waals surface area contributed by atoms with Gasteiger partial charge in [-0.2, -0.15) is 0 Å². The van der Waals surface area contributed by atoms with E-state index in [1.54, 1.807) is 25.1 Å². The maximum absolute atomic E-state index is 12.9. The van der Waals surface area contributed by atoms with Gasteiger partial charge in [0.25, 0.3) is 0 Å². The number of carbonyl (C=O) groups is 1. The van der Waals surface area contributed by atoms with Crippen molar-refractivity contribution in [2.45, 2.75) is 30.6 Å². The van der Waals surface area contributed by atoms with E-state index in [0.717, 1.165) is 5.56 Å². The number of rotatable bonds is 6. The lowest BCUT2D eigenvalue weighted by Crippen LogP contribution is -2.28. The average Bonchev–Trinajstić information content (AvgIpc) is 2.95. The molecule has 1 aliphatic heterocycles. The van der Waals surface area contributed by atoms with Gasteiger partial charge in [-0.3, -0.25) is 4.79 Å². The van der Waals surface area contributed by atoms with E-state index < -0.39 is 22.9 Å². The number of hydrogen-bond donors (Lipinski definition) is 2. The first-order chi connectivity index (χ1) is 12.8. The van der Waals surface area contributed by atoms with Crippen LogP contribution in [0.25, 0.3) is 0 Å². The van der Waals surface area contributed by atoms with Gasteiger partial charge in [0.2, 0.25) is 0 Å². The van der Waals surface area contributed by atoms with E-state index in [2.05, 4.69) is 0 Å². The molecule has 1 heterocycles. The van der Waals surface area contributed by atoms with Gasteiger partial charge >= 0.3 is 13.1 Å². The first-order valence-corrected chi connectivity index (χ1v) is 10.1. The standard InChI is InChI=1S/C18H19BO7S/c1-2-25-18(21)9-14-8-15(20)5-6-17(14)27(23,24)11-12-3-4-13-10-26-19(22)16(13)7-12/h3-8,20,22H,2,9-11H2,1H3. The third-order valence-corrected chi connectivity index (χ3v) is 6.03. The molecule has 0 unspecified atom stereocenters. The van der Waals surface area contributed by atoms with E-state index in [4.69, 9.17) is 9.39 Å². The molecule has 1 aliphatic rings. The average molecular weight is 390 g/mol. The van der Waals surface area contributed by atoms with Crippen molar-refractivity contribution in [2.24, 2.45) is 0 Å². The van der Waals surface area contributed by atoms with Crippen LogP contribution in [0.15, 0.2) is 41.3 Å². The molecule has 2 aromatic rings. The molecule has 0 saturated carbocycles. The summed E-state index contributed by atoms with van der Waals surface area (Å²) in [7, 11) is -4.86. The number of aromatic hydroxyl groups is 1. The third-order valence-electron chi connectivity index (χ3n) is 4.25. The fourth-order valence-corrected chi connectivity index (χ4v) is 4.61. The van der Waals surface area contributed by atoms with E-state index in [1.807, 2.05) is 0 Å². The van der Waals surface area contributed by atoms with Gasteiger partial charge in [-0.15, -0.1) is 0 Å². The van der Waals surface area contributed by atoms with Crippen molar-refractivity contribution in [3.63, 3.8) is 0 Å². The topological polar surface area (TPSA) is 110 Å². The van der Waals surface area contributed by atoms with Crippen LogP contribution in [-0.2, 0) is 42.8 Å². The smallest absolute Gasteiger partial charge is 0.491 e. The van der Waals surface area contributed by atoms with E-state index >= 15 is 0 Å². The molecule has 142 valence electrons.